The van der Waals surface area contributed by atoms with Gasteiger partial charge in [0.25, 0.3) is 0 Å². The number of carbonyl (C=O) groups is 2. The number of morpholine rings is 1. The zero-order valence-corrected chi connectivity index (χ0v) is 14.9. The molecule has 2 aromatic rings. The number of ether oxygens (including phenoxy) is 1. The zero-order chi connectivity index (χ0) is 18.9. The van der Waals surface area contributed by atoms with Gasteiger partial charge in [0.1, 0.15) is 6.04 Å². The summed E-state index contributed by atoms with van der Waals surface area (Å²) in [6.07, 6.45) is 3.36. The number of nitrogens with one attached hydrogen (secondary N) is 4. The molecule has 1 saturated heterocycles. The van der Waals surface area contributed by atoms with Gasteiger partial charge in [-0.1, -0.05) is 12.1 Å². The van der Waals surface area contributed by atoms with Crippen LogP contribution >= 0.6 is 0 Å². The van der Waals surface area contributed by atoms with Crippen molar-refractivity contribution >= 4 is 17.6 Å². The lowest BCUT2D eigenvalue weighted by atomic mass is 10.2. The fraction of sp³-hybridized carbons (Fsp3) is 0.316. The number of nitrogens with zero attached hydrogens (tertiary/aromatic N) is 1. The highest BCUT2D eigenvalue weighted by molar-refractivity contribution is 5.89. The molecular formula is C19H23N5O3. The molecule has 0 radical (unpaired) electrons. The van der Waals surface area contributed by atoms with Gasteiger partial charge < -0.3 is 26.0 Å². The molecule has 1 aliphatic rings. The summed E-state index contributed by atoms with van der Waals surface area (Å²) in [6, 6.07) is 10.4. The average Bonchev–Trinajstić information content (AvgIpc) is 2.72. The van der Waals surface area contributed by atoms with Crippen LogP contribution in [-0.2, 0) is 22.6 Å². The van der Waals surface area contributed by atoms with Crippen molar-refractivity contribution in [3.63, 3.8) is 0 Å². The Bertz CT molecular complexity index is 763. The minimum atomic E-state index is -0.320. The summed E-state index contributed by atoms with van der Waals surface area (Å²) in [4.78, 5) is 28.1. The Hall–Kier alpha value is -2.97. The van der Waals surface area contributed by atoms with Gasteiger partial charge in [0.15, 0.2) is 0 Å². The smallest absolute Gasteiger partial charge is 0.319 e. The van der Waals surface area contributed by atoms with Crippen LogP contribution in [0.4, 0.5) is 10.5 Å². The highest BCUT2D eigenvalue weighted by atomic mass is 16.5. The molecule has 1 fully saturated rings. The van der Waals surface area contributed by atoms with Crippen molar-refractivity contribution in [2.75, 3.05) is 25.1 Å². The molecule has 0 spiro atoms. The summed E-state index contributed by atoms with van der Waals surface area (Å²) >= 11 is 0. The van der Waals surface area contributed by atoms with Gasteiger partial charge in [0.05, 0.1) is 13.2 Å². The maximum absolute atomic E-state index is 12.1. The van der Waals surface area contributed by atoms with Gasteiger partial charge in [0.2, 0.25) is 5.91 Å². The van der Waals surface area contributed by atoms with E-state index in [4.69, 9.17) is 4.74 Å². The van der Waals surface area contributed by atoms with E-state index < -0.39 is 0 Å². The second-order valence-electron chi connectivity index (χ2n) is 6.16. The number of benzene rings is 1. The molecule has 1 unspecified atom stereocenters. The average molecular weight is 369 g/mol. The number of carbonyl (C=O) groups excluding carboxylic acids is 2. The highest BCUT2D eigenvalue weighted by Gasteiger charge is 2.20. The molecule has 8 heteroatoms. The highest BCUT2D eigenvalue weighted by Crippen LogP contribution is 2.10. The Labute approximate surface area is 157 Å². The van der Waals surface area contributed by atoms with Crippen LogP contribution < -0.4 is 21.3 Å². The summed E-state index contributed by atoms with van der Waals surface area (Å²) in [6.45, 7) is 2.48. The van der Waals surface area contributed by atoms with Gasteiger partial charge in [-0.05, 0) is 35.4 Å². The van der Waals surface area contributed by atoms with Crippen LogP contribution in [0.1, 0.15) is 11.1 Å². The van der Waals surface area contributed by atoms with Crippen LogP contribution in [0.2, 0.25) is 0 Å². The van der Waals surface area contributed by atoms with Gasteiger partial charge in [-0.2, -0.15) is 0 Å². The minimum absolute atomic E-state index is 0.0943. The van der Waals surface area contributed by atoms with Gasteiger partial charge in [0, 0.05) is 37.7 Å². The maximum Gasteiger partial charge on any atom is 0.319 e. The van der Waals surface area contributed by atoms with Crippen molar-refractivity contribution in [3.05, 3.63) is 59.9 Å². The van der Waals surface area contributed by atoms with Crippen LogP contribution in [-0.4, -0.2) is 42.7 Å². The van der Waals surface area contributed by atoms with E-state index in [0.29, 0.717) is 38.5 Å². The largest absolute Gasteiger partial charge is 0.378 e. The third-order valence-electron chi connectivity index (χ3n) is 4.09. The number of anilines is 1. The van der Waals surface area contributed by atoms with E-state index in [1.807, 2.05) is 30.3 Å². The molecular weight excluding hydrogens is 346 g/mol. The number of hydrogen-bond donors (Lipinski definition) is 4. The lowest BCUT2D eigenvalue weighted by Gasteiger charge is -2.22. The van der Waals surface area contributed by atoms with E-state index in [0.717, 1.165) is 11.1 Å². The van der Waals surface area contributed by atoms with E-state index in [-0.39, 0.29) is 18.0 Å². The Morgan fingerprint density at radius 3 is 2.70 bits per heavy atom. The third-order valence-corrected chi connectivity index (χ3v) is 4.09. The fourth-order valence-electron chi connectivity index (χ4n) is 2.66. The van der Waals surface area contributed by atoms with Gasteiger partial charge in [-0.15, -0.1) is 0 Å². The molecule has 3 rings (SSSR count). The molecule has 8 nitrogen and oxygen atoms in total. The molecule has 0 aliphatic carbocycles. The van der Waals surface area contributed by atoms with E-state index in [1.54, 1.807) is 18.5 Å². The van der Waals surface area contributed by atoms with Gasteiger partial charge in [-0.25, -0.2) is 4.79 Å². The molecule has 1 aromatic carbocycles. The number of pyridine rings is 1. The molecule has 27 heavy (non-hydrogen) atoms. The first kappa shape index (κ1) is 18.8. The zero-order valence-electron chi connectivity index (χ0n) is 14.9. The predicted molar refractivity (Wildman–Crippen MR) is 101 cm³/mol. The van der Waals surface area contributed by atoms with Crippen LogP contribution in [0.15, 0.2) is 48.8 Å². The fourth-order valence-corrected chi connectivity index (χ4v) is 2.66. The van der Waals surface area contributed by atoms with Crippen molar-refractivity contribution in [1.82, 2.24) is 20.9 Å². The quantitative estimate of drug-likeness (QED) is 0.608. The van der Waals surface area contributed by atoms with Gasteiger partial charge >= 0.3 is 6.03 Å². The van der Waals surface area contributed by atoms with Crippen LogP contribution in [0.25, 0.3) is 0 Å². The molecule has 3 amide bonds. The second kappa shape index (κ2) is 9.65. The molecule has 1 atom stereocenters. The SMILES string of the molecule is O=C(NCc1ccncc1)Nc1cccc(CNC(=O)C2COCCN2)c1. The van der Waals surface area contributed by atoms with Crippen LogP contribution in [0.5, 0.6) is 0 Å². The Balaban J connectivity index is 1.46. The predicted octanol–water partition coefficient (Wildman–Crippen LogP) is 1.01. The van der Waals surface area contributed by atoms with E-state index in [9.17, 15) is 9.59 Å². The first-order chi connectivity index (χ1) is 13.2. The number of aromatic nitrogens is 1. The topological polar surface area (TPSA) is 104 Å². The van der Waals surface area contributed by atoms with E-state index in [2.05, 4.69) is 26.3 Å². The van der Waals surface area contributed by atoms with Crippen LogP contribution in [0, 0.1) is 0 Å². The van der Waals surface area contributed by atoms with Crippen molar-refractivity contribution in [1.29, 1.82) is 0 Å². The van der Waals surface area contributed by atoms with Crippen molar-refractivity contribution in [2.24, 2.45) is 0 Å². The summed E-state index contributed by atoms with van der Waals surface area (Å²) < 4.78 is 5.29. The summed E-state index contributed by atoms with van der Waals surface area (Å²) in [7, 11) is 0. The number of urea groups is 1. The number of rotatable bonds is 6. The molecule has 2 heterocycles. The van der Waals surface area contributed by atoms with Gasteiger partial charge in [-0.3, -0.25) is 9.78 Å². The normalized spacial score (nSPS) is 16.4. The van der Waals surface area contributed by atoms with Crippen molar-refractivity contribution in [2.45, 2.75) is 19.1 Å². The molecule has 1 aromatic heterocycles. The Kier molecular flexibility index (Phi) is 6.72. The molecule has 142 valence electrons. The van der Waals surface area contributed by atoms with Crippen molar-refractivity contribution in [3.8, 4) is 0 Å². The minimum Gasteiger partial charge on any atom is -0.378 e. The second-order valence-corrected chi connectivity index (χ2v) is 6.16. The lowest BCUT2D eigenvalue weighted by molar-refractivity contribution is -0.126. The third kappa shape index (κ3) is 6.05. The summed E-state index contributed by atoms with van der Waals surface area (Å²) in [5, 5.41) is 11.6. The first-order valence-electron chi connectivity index (χ1n) is 8.82. The number of hydrogen-bond acceptors (Lipinski definition) is 5. The van der Waals surface area contributed by atoms with Crippen LogP contribution in [0.3, 0.4) is 0 Å². The lowest BCUT2D eigenvalue weighted by Crippen LogP contribution is -2.51. The first-order valence-corrected chi connectivity index (χ1v) is 8.82. The summed E-state index contributed by atoms with van der Waals surface area (Å²) in [5.74, 6) is -0.0943. The Morgan fingerprint density at radius 1 is 1.11 bits per heavy atom. The Morgan fingerprint density at radius 2 is 1.93 bits per heavy atom. The number of amides is 3. The molecule has 0 bridgehead atoms. The maximum atomic E-state index is 12.1. The molecule has 0 saturated carbocycles. The summed E-state index contributed by atoms with van der Waals surface area (Å²) in [5.41, 5.74) is 2.53. The van der Waals surface area contributed by atoms with E-state index in [1.165, 1.54) is 0 Å². The molecule has 1 aliphatic heterocycles. The van der Waals surface area contributed by atoms with E-state index >= 15 is 0 Å². The van der Waals surface area contributed by atoms with Crippen molar-refractivity contribution < 1.29 is 14.3 Å². The molecule has 4 N–H and O–H groups in total. The standard InChI is InChI=1S/C19H23N5O3/c25-18(17-13-27-9-8-21-17)22-12-15-2-1-3-16(10-15)24-19(26)23-11-14-4-6-20-7-5-14/h1-7,10,17,21H,8-9,11-13H2,(H,22,25)(H2,23,24,26). The monoisotopic (exact) mass is 369 g/mol.